The van der Waals surface area contributed by atoms with Gasteiger partial charge in [-0.1, -0.05) is 20.8 Å². The Kier molecular flexibility index (Phi) is 3.19. The summed E-state index contributed by atoms with van der Waals surface area (Å²) in [7, 11) is -3.41. The number of sulfonamides is 1. The minimum atomic E-state index is -3.41. The van der Waals surface area contributed by atoms with Crippen molar-refractivity contribution in [2.24, 2.45) is 17.8 Å². The average Bonchev–Trinajstić information content (AvgIpc) is 2.61. The van der Waals surface area contributed by atoms with Crippen molar-refractivity contribution in [3.63, 3.8) is 0 Å². The van der Waals surface area contributed by atoms with E-state index in [1.54, 1.807) is 0 Å². The molecule has 1 N–H and O–H groups in total. The largest absolute Gasteiger partial charge is 0.274 e. The summed E-state index contributed by atoms with van der Waals surface area (Å²) in [5.74, 6) is -0.0314. The van der Waals surface area contributed by atoms with Gasteiger partial charge in [-0.05, 0) is 18.3 Å². The molecule has 1 rings (SSSR count). The lowest BCUT2D eigenvalue weighted by Crippen LogP contribution is -2.35. The number of carbonyl (C=O) groups is 1. The molecular weight excluding hydrogens is 202 g/mol. The summed E-state index contributed by atoms with van der Waals surface area (Å²) in [5.41, 5.74) is 0. The van der Waals surface area contributed by atoms with E-state index in [-0.39, 0.29) is 23.5 Å². The molecule has 5 heteroatoms. The Morgan fingerprint density at radius 1 is 1.50 bits per heavy atom. The number of rotatable bonds is 4. The fraction of sp³-hybridized carbons (Fsp3) is 0.889. The van der Waals surface area contributed by atoms with Crippen molar-refractivity contribution in [1.82, 2.24) is 4.72 Å². The van der Waals surface area contributed by atoms with Gasteiger partial charge in [0.1, 0.15) is 0 Å². The quantitative estimate of drug-likeness (QED) is 0.758. The lowest BCUT2D eigenvalue weighted by molar-refractivity contribution is -0.120. The van der Waals surface area contributed by atoms with Crippen LogP contribution in [0.25, 0.3) is 0 Å². The second-order valence-corrected chi connectivity index (χ2v) is 6.23. The highest BCUT2D eigenvalue weighted by molar-refractivity contribution is 7.90. The van der Waals surface area contributed by atoms with Gasteiger partial charge in [0.05, 0.1) is 5.75 Å². The van der Waals surface area contributed by atoms with Crippen LogP contribution in [0.15, 0.2) is 0 Å². The molecule has 0 heterocycles. The Hall–Kier alpha value is -0.580. The molecule has 1 amide bonds. The van der Waals surface area contributed by atoms with Crippen molar-refractivity contribution in [1.29, 1.82) is 0 Å². The van der Waals surface area contributed by atoms with E-state index in [9.17, 15) is 13.2 Å². The second-order valence-electron chi connectivity index (χ2n) is 4.46. The fourth-order valence-electron chi connectivity index (χ4n) is 1.40. The molecule has 0 saturated heterocycles. The maximum atomic E-state index is 11.4. The average molecular weight is 219 g/mol. The van der Waals surface area contributed by atoms with E-state index in [1.807, 2.05) is 20.8 Å². The highest BCUT2D eigenvalue weighted by Gasteiger charge is 2.40. The first-order chi connectivity index (χ1) is 6.32. The van der Waals surface area contributed by atoms with Crippen LogP contribution in [0.1, 0.15) is 27.2 Å². The van der Waals surface area contributed by atoms with Gasteiger partial charge in [0, 0.05) is 5.92 Å². The number of hydrogen-bond donors (Lipinski definition) is 1. The van der Waals surface area contributed by atoms with Crippen LogP contribution < -0.4 is 4.72 Å². The predicted molar refractivity (Wildman–Crippen MR) is 54.0 cm³/mol. The molecule has 0 aromatic rings. The first-order valence-corrected chi connectivity index (χ1v) is 6.51. The Morgan fingerprint density at radius 2 is 2.00 bits per heavy atom. The monoisotopic (exact) mass is 219 g/mol. The van der Waals surface area contributed by atoms with E-state index in [0.29, 0.717) is 5.92 Å². The SMILES string of the molecule is CC(C)CS(=O)(=O)NC(=O)[C@@H]1C[C@H]1C. The zero-order chi connectivity index (χ0) is 10.9. The first-order valence-electron chi connectivity index (χ1n) is 4.86. The van der Waals surface area contributed by atoms with Crippen LogP contribution in [0.5, 0.6) is 0 Å². The van der Waals surface area contributed by atoms with Crippen LogP contribution >= 0.6 is 0 Å². The molecule has 0 bridgehead atoms. The van der Waals surface area contributed by atoms with E-state index < -0.39 is 10.0 Å². The second kappa shape index (κ2) is 3.88. The highest BCUT2D eigenvalue weighted by atomic mass is 32.2. The topological polar surface area (TPSA) is 63.2 Å². The first kappa shape index (κ1) is 11.5. The summed E-state index contributed by atoms with van der Waals surface area (Å²) >= 11 is 0. The van der Waals surface area contributed by atoms with E-state index in [0.717, 1.165) is 6.42 Å². The summed E-state index contributed by atoms with van der Waals surface area (Å²) < 4.78 is 24.8. The van der Waals surface area contributed by atoms with Gasteiger partial charge >= 0.3 is 0 Å². The molecule has 1 aliphatic rings. The van der Waals surface area contributed by atoms with E-state index >= 15 is 0 Å². The number of nitrogens with one attached hydrogen (secondary N) is 1. The van der Waals surface area contributed by atoms with Crippen LogP contribution in [0.4, 0.5) is 0 Å². The molecular formula is C9H17NO3S. The number of amides is 1. The van der Waals surface area contributed by atoms with E-state index in [1.165, 1.54) is 0 Å². The van der Waals surface area contributed by atoms with Gasteiger partial charge in [0.2, 0.25) is 15.9 Å². The molecule has 0 unspecified atom stereocenters. The normalized spacial score (nSPS) is 26.3. The van der Waals surface area contributed by atoms with Gasteiger partial charge in [-0.2, -0.15) is 0 Å². The molecule has 1 saturated carbocycles. The highest BCUT2D eigenvalue weighted by Crippen LogP contribution is 2.37. The van der Waals surface area contributed by atoms with Crippen molar-refractivity contribution < 1.29 is 13.2 Å². The predicted octanol–water partition coefficient (Wildman–Crippen LogP) is 0.744. The molecule has 0 aliphatic heterocycles. The van der Waals surface area contributed by atoms with Crippen molar-refractivity contribution in [3.8, 4) is 0 Å². The summed E-state index contributed by atoms with van der Waals surface area (Å²) in [6.45, 7) is 5.56. The Bertz CT molecular complexity index is 321. The van der Waals surface area contributed by atoms with Crippen LogP contribution in [0.2, 0.25) is 0 Å². The van der Waals surface area contributed by atoms with Crippen molar-refractivity contribution in [2.75, 3.05) is 5.75 Å². The van der Waals surface area contributed by atoms with Crippen LogP contribution in [-0.4, -0.2) is 20.1 Å². The third-order valence-corrected chi connectivity index (χ3v) is 3.87. The summed E-state index contributed by atoms with van der Waals surface area (Å²) in [4.78, 5) is 11.3. The molecule has 1 fully saturated rings. The third kappa shape index (κ3) is 3.29. The van der Waals surface area contributed by atoms with Crippen molar-refractivity contribution in [2.45, 2.75) is 27.2 Å². The molecule has 0 aromatic heterocycles. The van der Waals surface area contributed by atoms with Gasteiger partial charge in [-0.25, -0.2) is 8.42 Å². The minimum Gasteiger partial charge on any atom is -0.274 e. The van der Waals surface area contributed by atoms with E-state index in [2.05, 4.69) is 4.72 Å². The van der Waals surface area contributed by atoms with Crippen molar-refractivity contribution in [3.05, 3.63) is 0 Å². The zero-order valence-electron chi connectivity index (χ0n) is 8.78. The van der Waals surface area contributed by atoms with Crippen molar-refractivity contribution >= 4 is 15.9 Å². The van der Waals surface area contributed by atoms with Crippen LogP contribution in [0.3, 0.4) is 0 Å². The minimum absolute atomic E-state index is 0.0137. The summed E-state index contributed by atoms with van der Waals surface area (Å²) in [6, 6.07) is 0. The van der Waals surface area contributed by atoms with Gasteiger partial charge in [0.15, 0.2) is 0 Å². The lowest BCUT2D eigenvalue weighted by Gasteiger charge is -2.07. The summed E-state index contributed by atoms with van der Waals surface area (Å²) in [6.07, 6.45) is 0.809. The molecule has 0 radical (unpaired) electrons. The standard InChI is InChI=1S/C9H17NO3S/c1-6(2)5-14(12,13)10-9(11)8-4-7(8)3/h6-8H,4-5H2,1-3H3,(H,10,11)/t7-,8-/m1/s1. The van der Waals surface area contributed by atoms with Gasteiger partial charge in [0.25, 0.3) is 0 Å². The van der Waals surface area contributed by atoms with Crippen LogP contribution in [0, 0.1) is 17.8 Å². The fourth-order valence-corrected chi connectivity index (χ4v) is 2.82. The van der Waals surface area contributed by atoms with Crippen LogP contribution in [-0.2, 0) is 14.8 Å². The molecule has 14 heavy (non-hydrogen) atoms. The number of hydrogen-bond acceptors (Lipinski definition) is 3. The molecule has 82 valence electrons. The summed E-state index contributed by atoms with van der Waals surface area (Å²) in [5, 5.41) is 0. The van der Waals surface area contributed by atoms with Gasteiger partial charge < -0.3 is 0 Å². The van der Waals surface area contributed by atoms with E-state index in [4.69, 9.17) is 0 Å². The molecule has 1 aliphatic carbocycles. The maximum absolute atomic E-state index is 11.4. The smallest absolute Gasteiger partial charge is 0.236 e. The number of carbonyl (C=O) groups excluding carboxylic acids is 1. The molecule has 2 atom stereocenters. The molecule has 4 nitrogen and oxygen atoms in total. The molecule has 0 aromatic carbocycles. The Morgan fingerprint density at radius 3 is 2.36 bits per heavy atom. The van der Waals surface area contributed by atoms with Gasteiger partial charge in [-0.15, -0.1) is 0 Å². The lowest BCUT2D eigenvalue weighted by atomic mass is 10.3. The Labute approximate surface area is 85.1 Å². The maximum Gasteiger partial charge on any atom is 0.236 e. The molecule has 0 spiro atoms. The van der Waals surface area contributed by atoms with Gasteiger partial charge in [-0.3, -0.25) is 9.52 Å². The zero-order valence-corrected chi connectivity index (χ0v) is 9.60. The third-order valence-electron chi connectivity index (χ3n) is 2.26. The Balaban J connectivity index is 2.47.